The quantitative estimate of drug-likeness (QED) is 0.403. The van der Waals surface area contributed by atoms with Crippen molar-refractivity contribution in [3.63, 3.8) is 0 Å². The highest BCUT2D eigenvalue weighted by Crippen LogP contribution is 2.32. The molecule has 0 atom stereocenters. The third-order valence-corrected chi connectivity index (χ3v) is 5.99. The number of aryl methyl sites for hydroxylation is 1. The fourth-order valence-electron chi connectivity index (χ4n) is 3.81. The molecule has 0 aliphatic carbocycles. The van der Waals surface area contributed by atoms with E-state index >= 15 is 0 Å². The lowest BCUT2D eigenvalue weighted by Gasteiger charge is -2.21. The molecule has 33 heavy (non-hydrogen) atoms. The van der Waals surface area contributed by atoms with Crippen LogP contribution in [-0.4, -0.2) is 51.2 Å². The minimum atomic E-state index is -0.0800. The summed E-state index contributed by atoms with van der Waals surface area (Å²) in [6, 6.07) is 21.6. The van der Waals surface area contributed by atoms with E-state index in [0.29, 0.717) is 23.7 Å². The summed E-state index contributed by atoms with van der Waals surface area (Å²) in [6.45, 7) is 9.80. The van der Waals surface area contributed by atoms with Gasteiger partial charge in [-0.2, -0.15) is 0 Å². The Morgan fingerprint density at radius 3 is 2.24 bits per heavy atom. The molecule has 0 saturated heterocycles. The minimum Gasteiger partial charge on any atom is -0.493 e. The Bertz CT molecular complexity index is 1060. The van der Waals surface area contributed by atoms with E-state index in [1.54, 1.807) is 19.1 Å². The topological polar surface area (TPSA) is 42.0 Å². The SMILES string of the molecule is CCN(CC)CCOc1ccc(N(C)C(=O)c2ccc(-c3ccccc3C)cc2)cc1OC. The van der Waals surface area contributed by atoms with Crippen LogP contribution >= 0.6 is 0 Å². The molecule has 0 heterocycles. The van der Waals surface area contributed by atoms with Crippen molar-refractivity contribution in [1.82, 2.24) is 4.90 Å². The number of likely N-dealkylation sites (N-methyl/N-ethyl adjacent to an activating group) is 1. The Kier molecular flexibility index (Phi) is 8.50. The van der Waals surface area contributed by atoms with E-state index in [2.05, 4.69) is 37.8 Å². The van der Waals surface area contributed by atoms with E-state index in [0.717, 1.165) is 30.9 Å². The van der Waals surface area contributed by atoms with Crippen LogP contribution in [0, 0.1) is 6.92 Å². The van der Waals surface area contributed by atoms with Gasteiger partial charge >= 0.3 is 0 Å². The number of rotatable bonds is 10. The van der Waals surface area contributed by atoms with Crippen LogP contribution in [0.3, 0.4) is 0 Å². The summed E-state index contributed by atoms with van der Waals surface area (Å²) >= 11 is 0. The van der Waals surface area contributed by atoms with Crippen molar-refractivity contribution in [2.24, 2.45) is 0 Å². The van der Waals surface area contributed by atoms with Crippen LogP contribution in [0.5, 0.6) is 11.5 Å². The van der Waals surface area contributed by atoms with Crippen molar-refractivity contribution in [3.8, 4) is 22.6 Å². The normalized spacial score (nSPS) is 10.8. The van der Waals surface area contributed by atoms with Crippen LogP contribution in [0.15, 0.2) is 66.7 Å². The molecule has 0 radical (unpaired) electrons. The zero-order valence-electron chi connectivity index (χ0n) is 20.3. The van der Waals surface area contributed by atoms with Gasteiger partial charge in [0.05, 0.1) is 7.11 Å². The van der Waals surface area contributed by atoms with Gasteiger partial charge in [-0.05, 0) is 61.0 Å². The smallest absolute Gasteiger partial charge is 0.258 e. The van der Waals surface area contributed by atoms with Gasteiger partial charge in [0.1, 0.15) is 6.61 Å². The van der Waals surface area contributed by atoms with E-state index < -0.39 is 0 Å². The van der Waals surface area contributed by atoms with E-state index in [1.807, 2.05) is 54.6 Å². The Morgan fingerprint density at radius 1 is 0.909 bits per heavy atom. The number of nitrogens with zero attached hydrogens (tertiary/aromatic N) is 2. The summed E-state index contributed by atoms with van der Waals surface area (Å²) in [4.78, 5) is 17.0. The Balaban J connectivity index is 1.71. The first-order valence-corrected chi connectivity index (χ1v) is 11.5. The molecular formula is C28H34N2O3. The summed E-state index contributed by atoms with van der Waals surface area (Å²) in [5.74, 6) is 1.21. The Labute approximate surface area is 197 Å². The van der Waals surface area contributed by atoms with Crippen molar-refractivity contribution < 1.29 is 14.3 Å². The lowest BCUT2D eigenvalue weighted by molar-refractivity contribution is 0.0993. The maximum Gasteiger partial charge on any atom is 0.258 e. The van der Waals surface area contributed by atoms with Crippen LogP contribution < -0.4 is 14.4 Å². The Hall–Kier alpha value is -3.31. The molecule has 3 aromatic rings. The van der Waals surface area contributed by atoms with Gasteiger partial charge in [0, 0.05) is 30.9 Å². The van der Waals surface area contributed by atoms with Gasteiger partial charge < -0.3 is 19.3 Å². The zero-order chi connectivity index (χ0) is 23.8. The maximum atomic E-state index is 13.1. The van der Waals surface area contributed by atoms with Crippen LogP contribution in [0.1, 0.15) is 29.8 Å². The molecule has 3 rings (SSSR count). The van der Waals surface area contributed by atoms with Crippen LogP contribution in [-0.2, 0) is 0 Å². The van der Waals surface area contributed by atoms with Crippen LogP contribution in [0.25, 0.3) is 11.1 Å². The first-order chi connectivity index (χ1) is 16.0. The molecule has 3 aromatic carbocycles. The molecule has 1 amide bonds. The van der Waals surface area contributed by atoms with E-state index in [4.69, 9.17) is 9.47 Å². The number of carbonyl (C=O) groups is 1. The number of benzene rings is 3. The molecule has 0 aliphatic heterocycles. The fraction of sp³-hybridized carbons (Fsp3) is 0.321. The number of carbonyl (C=O) groups excluding carboxylic acids is 1. The van der Waals surface area contributed by atoms with Gasteiger partial charge in [0.15, 0.2) is 11.5 Å². The first-order valence-electron chi connectivity index (χ1n) is 11.5. The van der Waals surface area contributed by atoms with Gasteiger partial charge in [-0.15, -0.1) is 0 Å². The second kappa shape index (κ2) is 11.5. The zero-order valence-corrected chi connectivity index (χ0v) is 20.3. The molecule has 5 nitrogen and oxygen atoms in total. The third kappa shape index (κ3) is 5.93. The second-order valence-corrected chi connectivity index (χ2v) is 7.97. The van der Waals surface area contributed by atoms with Gasteiger partial charge in [-0.25, -0.2) is 0 Å². The number of methoxy groups -OCH3 is 1. The highest BCUT2D eigenvalue weighted by molar-refractivity contribution is 6.06. The summed E-state index contributed by atoms with van der Waals surface area (Å²) in [5, 5.41) is 0. The monoisotopic (exact) mass is 446 g/mol. The average Bonchev–Trinajstić information content (AvgIpc) is 2.86. The molecule has 5 heteroatoms. The minimum absolute atomic E-state index is 0.0800. The molecule has 0 unspecified atom stereocenters. The van der Waals surface area contributed by atoms with Crippen molar-refractivity contribution >= 4 is 11.6 Å². The standard InChI is InChI=1S/C28H34N2O3/c1-6-30(7-2)18-19-33-26-17-16-24(20-27(26)32-5)29(4)28(31)23-14-12-22(13-15-23)25-11-9-8-10-21(25)3/h8-17,20H,6-7,18-19H2,1-5H3. The van der Waals surface area contributed by atoms with Gasteiger partial charge in [-0.1, -0.05) is 50.2 Å². The summed E-state index contributed by atoms with van der Waals surface area (Å²) < 4.78 is 11.5. The average molecular weight is 447 g/mol. The number of ether oxygens (including phenoxy) is 2. The van der Waals surface area contributed by atoms with Crippen molar-refractivity contribution in [2.45, 2.75) is 20.8 Å². The van der Waals surface area contributed by atoms with E-state index in [9.17, 15) is 4.79 Å². The molecule has 174 valence electrons. The molecule has 0 fully saturated rings. The van der Waals surface area contributed by atoms with E-state index in [1.165, 1.54) is 11.1 Å². The maximum absolute atomic E-state index is 13.1. The molecule has 0 aliphatic rings. The molecule has 0 saturated carbocycles. The number of anilines is 1. The predicted octanol–water partition coefficient (Wildman–Crippen LogP) is 5.67. The Morgan fingerprint density at radius 2 is 1.61 bits per heavy atom. The number of hydrogen-bond acceptors (Lipinski definition) is 4. The third-order valence-electron chi connectivity index (χ3n) is 5.99. The molecule has 0 N–H and O–H groups in total. The molecular weight excluding hydrogens is 412 g/mol. The molecule has 0 aromatic heterocycles. The first kappa shape index (κ1) is 24.3. The summed E-state index contributed by atoms with van der Waals surface area (Å²) in [6.07, 6.45) is 0. The highest BCUT2D eigenvalue weighted by Gasteiger charge is 2.16. The van der Waals surface area contributed by atoms with E-state index in [-0.39, 0.29) is 5.91 Å². The lowest BCUT2D eigenvalue weighted by atomic mass is 9.99. The fourth-order valence-corrected chi connectivity index (χ4v) is 3.81. The largest absolute Gasteiger partial charge is 0.493 e. The number of hydrogen-bond donors (Lipinski definition) is 0. The van der Waals surface area contributed by atoms with Crippen LogP contribution in [0.4, 0.5) is 5.69 Å². The highest BCUT2D eigenvalue weighted by atomic mass is 16.5. The molecule has 0 spiro atoms. The molecule has 0 bridgehead atoms. The summed E-state index contributed by atoms with van der Waals surface area (Å²) in [5.41, 5.74) is 4.86. The van der Waals surface area contributed by atoms with Gasteiger partial charge in [0.25, 0.3) is 5.91 Å². The number of amides is 1. The van der Waals surface area contributed by atoms with Gasteiger partial charge in [-0.3, -0.25) is 4.79 Å². The van der Waals surface area contributed by atoms with Crippen molar-refractivity contribution in [2.75, 3.05) is 45.3 Å². The summed E-state index contributed by atoms with van der Waals surface area (Å²) in [7, 11) is 3.38. The van der Waals surface area contributed by atoms with Crippen molar-refractivity contribution in [1.29, 1.82) is 0 Å². The van der Waals surface area contributed by atoms with Gasteiger partial charge in [0.2, 0.25) is 0 Å². The second-order valence-electron chi connectivity index (χ2n) is 7.97. The predicted molar refractivity (Wildman–Crippen MR) is 136 cm³/mol. The lowest BCUT2D eigenvalue weighted by Crippen LogP contribution is -2.28. The van der Waals surface area contributed by atoms with Crippen LogP contribution in [0.2, 0.25) is 0 Å². The van der Waals surface area contributed by atoms with Crippen molar-refractivity contribution in [3.05, 3.63) is 77.9 Å².